The second-order valence-electron chi connectivity index (χ2n) is 4.67. The van der Waals surface area contributed by atoms with Crippen molar-refractivity contribution in [2.24, 2.45) is 0 Å². The number of carbonyl (C=O) groups is 1. The molecule has 102 valence electrons. The van der Waals surface area contributed by atoms with Crippen LogP contribution in [0.25, 0.3) is 0 Å². The maximum atomic E-state index is 11.8. The van der Waals surface area contributed by atoms with Gasteiger partial charge in [-0.1, -0.05) is 0 Å². The lowest BCUT2D eigenvalue weighted by Gasteiger charge is -2.12. The van der Waals surface area contributed by atoms with Crippen molar-refractivity contribution in [1.29, 1.82) is 0 Å². The van der Waals surface area contributed by atoms with Gasteiger partial charge in [-0.05, 0) is 32.0 Å². The van der Waals surface area contributed by atoms with E-state index in [1.807, 2.05) is 42.9 Å². The zero-order valence-corrected chi connectivity index (χ0v) is 11.3. The molecule has 5 heteroatoms. The average molecular weight is 261 g/mol. The first kappa shape index (κ1) is 13.4. The summed E-state index contributed by atoms with van der Waals surface area (Å²) in [4.78, 5) is 11.8. The molecule has 2 aromatic heterocycles. The fraction of sp³-hybridized carbons (Fsp3) is 0.429. The van der Waals surface area contributed by atoms with E-state index in [0.717, 1.165) is 11.5 Å². The normalized spacial score (nSPS) is 12.3. The molecule has 1 atom stereocenters. The van der Waals surface area contributed by atoms with E-state index in [2.05, 4.69) is 10.4 Å². The molecule has 0 saturated heterocycles. The molecule has 0 saturated carbocycles. The Morgan fingerprint density at radius 2 is 2.37 bits per heavy atom. The molecule has 0 radical (unpaired) electrons. The van der Waals surface area contributed by atoms with Gasteiger partial charge in [0.25, 0.3) is 0 Å². The van der Waals surface area contributed by atoms with E-state index in [4.69, 9.17) is 4.42 Å². The van der Waals surface area contributed by atoms with Gasteiger partial charge in [0.2, 0.25) is 5.91 Å². The molecular weight excluding hydrogens is 242 g/mol. The van der Waals surface area contributed by atoms with E-state index >= 15 is 0 Å². The van der Waals surface area contributed by atoms with Crippen LogP contribution in [0, 0.1) is 6.92 Å². The Morgan fingerprint density at radius 3 is 3.00 bits per heavy atom. The predicted octanol–water partition coefficient (Wildman–Crippen LogP) is 2.09. The van der Waals surface area contributed by atoms with Crippen molar-refractivity contribution in [2.75, 3.05) is 6.54 Å². The standard InChI is InChI=1S/C14H19N3O2/c1-11-6-8-17(16-11)12(2)10-14(18)15-7-5-13-4-3-9-19-13/h3-4,6,8-9,12H,5,7,10H2,1-2H3,(H,15,18)/t12-/m0/s1. The summed E-state index contributed by atoms with van der Waals surface area (Å²) in [7, 11) is 0. The van der Waals surface area contributed by atoms with Crippen molar-refractivity contribution < 1.29 is 9.21 Å². The monoisotopic (exact) mass is 261 g/mol. The van der Waals surface area contributed by atoms with Gasteiger partial charge in [-0.2, -0.15) is 5.10 Å². The third-order valence-corrected chi connectivity index (χ3v) is 2.95. The van der Waals surface area contributed by atoms with Crippen molar-refractivity contribution in [3.63, 3.8) is 0 Å². The minimum Gasteiger partial charge on any atom is -0.469 e. The number of amides is 1. The van der Waals surface area contributed by atoms with Crippen LogP contribution in [0.2, 0.25) is 0 Å². The van der Waals surface area contributed by atoms with Gasteiger partial charge in [0.05, 0.1) is 18.0 Å². The van der Waals surface area contributed by atoms with Crippen molar-refractivity contribution in [3.05, 3.63) is 42.1 Å². The van der Waals surface area contributed by atoms with Crippen LogP contribution in [0.4, 0.5) is 0 Å². The number of rotatable bonds is 6. The molecule has 0 fully saturated rings. The van der Waals surface area contributed by atoms with E-state index in [1.165, 1.54) is 0 Å². The molecule has 0 aliphatic carbocycles. The number of hydrogen-bond donors (Lipinski definition) is 1. The van der Waals surface area contributed by atoms with E-state index < -0.39 is 0 Å². The van der Waals surface area contributed by atoms with Gasteiger partial charge < -0.3 is 9.73 Å². The lowest BCUT2D eigenvalue weighted by atomic mass is 10.2. The van der Waals surface area contributed by atoms with Gasteiger partial charge in [-0.15, -0.1) is 0 Å². The van der Waals surface area contributed by atoms with Crippen molar-refractivity contribution in [1.82, 2.24) is 15.1 Å². The fourth-order valence-corrected chi connectivity index (χ4v) is 1.89. The lowest BCUT2D eigenvalue weighted by molar-refractivity contribution is -0.121. The topological polar surface area (TPSA) is 60.1 Å². The zero-order valence-electron chi connectivity index (χ0n) is 11.3. The molecule has 0 aliphatic rings. The Morgan fingerprint density at radius 1 is 1.53 bits per heavy atom. The van der Waals surface area contributed by atoms with Crippen LogP contribution in [0.15, 0.2) is 35.1 Å². The van der Waals surface area contributed by atoms with Gasteiger partial charge in [-0.25, -0.2) is 0 Å². The molecule has 0 bridgehead atoms. The zero-order chi connectivity index (χ0) is 13.7. The van der Waals surface area contributed by atoms with E-state index in [0.29, 0.717) is 19.4 Å². The number of nitrogens with zero attached hydrogens (tertiary/aromatic N) is 2. The molecule has 1 N–H and O–H groups in total. The fourth-order valence-electron chi connectivity index (χ4n) is 1.89. The van der Waals surface area contributed by atoms with Crippen LogP contribution < -0.4 is 5.32 Å². The van der Waals surface area contributed by atoms with Crippen LogP contribution in [0.3, 0.4) is 0 Å². The van der Waals surface area contributed by atoms with Gasteiger partial charge >= 0.3 is 0 Å². The Kier molecular flexibility index (Phi) is 4.39. The number of hydrogen-bond acceptors (Lipinski definition) is 3. The Balaban J connectivity index is 1.72. The summed E-state index contributed by atoms with van der Waals surface area (Å²) in [6, 6.07) is 5.75. The van der Waals surface area contributed by atoms with E-state index in [1.54, 1.807) is 6.26 Å². The van der Waals surface area contributed by atoms with Crippen LogP contribution in [-0.4, -0.2) is 22.2 Å². The maximum absolute atomic E-state index is 11.8. The van der Waals surface area contributed by atoms with Crippen LogP contribution >= 0.6 is 0 Å². The second-order valence-corrected chi connectivity index (χ2v) is 4.67. The molecule has 19 heavy (non-hydrogen) atoms. The van der Waals surface area contributed by atoms with E-state index in [9.17, 15) is 4.79 Å². The molecule has 2 rings (SSSR count). The molecule has 0 aromatic carbocycles. The molecule has 2 aromatic rings. The van der Waals surface area contributed by atoms with Gasteiger partial charge in [0, 0.05) is 25.6 Å². The molecule has 0 unspecified atom stereocenters. The summed E-state index contributed by atoms with van der Waals surface area (Å²) >= 11 is 0. The summed E-state index contributed by atoms with van der Waals surface area (Å²) < 4.78 is 7.02. The first-order chi connectivity index (χ1) is 9.15. The Hall–Kier alpha value is -2.04. The minimum atomic E-state index is 0.0345. The summed E-state index contributed by atoms with van der Waals surface area (Å²) in [6.45, 7) is 4.52. The van der Waals surface area contributed by atoms with Crippen LogP contribution in [0.5, 0.6) is 0 Å². The highest BCUT2D eigenvalue weighted by molar-refractivity contribution is 5.76. The molecule has 5 nitrogen and oxygen atoms in total. The second kappa shape index (κ2) is 6.22. The first-order valence-corrected chi connectivity index (χ1v) is 6.46. The smallest absolute Gasteiger partial charge is 0.222 e. The molecule has 0 spiro atoms. The van der Waals surface area contributed by atoms with Gasteiger partial charge in [0.15, 0.2) is 0 Å². The Bertz CT molecular complexity index is 517. The van der Waals surface area contributed by atoms with Crippen molar-refractivity contribution in [3.8, 4) is 0 Å². The van der Waals surface area contributed by atoms with E-state index in [-0.39, 0.29) is 11.9 Å². The molecular formula is C14H19N3O2. The molecule has 1 amide bonds. The van der Waals surface area contributed by atoms with Crippen LogP contribution in [-0.2, 0) is 11.2 Å². The third-order valence-electron chi connectivity index (χ3n) is 2.95. The highest BCUT2D eigenvalue weighted by atomic mass is 16.3. The highest BCUT2D eigenvalue weighted by Crippen LogP contribution is 2.09. The average Bonchev–Trinajstić information content (AvgIpc) is 3.00. The maximum Gasteiger partial charge on any atom is 0.222 e. The molecule has 2 heterocycles. The summed E-state index contributed by atoms with van der Waals surface area (Å²) in [6.07, 6.45) is 4.68. The molecule has 0 aliphatic heterocycles. The summed E-state index contributed by atoms with van der Waals surface area (Å²) in [5.74, 6) is 0.920. The number of aromatic nitrogens is 2. The number of aryl methyl sites for hydroxylation is 1. The number of furan rings is 1. The summed E-state index contributed by atoms with van der Waals surface area (Å²) in [5.41, 5.74) is 0.963. The quantitative estimate of drug-likeness (QED) is 0.866. The predicted molar refractivity (Wildman–Crippen MR) is 71.7 cm³/mol. The number of nitrogens with one attached hydrogen (secondary N) is 1. The third kappa shape index (κ3) is 3.98. The van der Waals surface area contributed by atoms with Gasteiger partial charge in [-0.3, -0.25) is 9.48 Å². The van der Waals surface area contributed by atoms with Gasteiger partial charge in [0.1, 0.15) is 5.76 Å². The Labute approximate surface area is 112 Å². The van der Waals surface area contributed by atoms with Crippen molar-refractivity contribution in [2.45, 2.75) is 32.7 Å². The number of carbonyl (C=O) groups excluding carboxylic acids is 1. The summed E-state index contributed by atoms with van der Waals surface area (Å²) in [5, 5.41) is 7.19. The largest absolute Gasteiger partial charge is 0.469 e. The SMILES string of the molecule is Cc1ccn([C@@H](C)CC(=O)NCCc2ccco2)n1. The highest BCUT2D eigenvalue weighted by Gasteiger charge is 2.11. The minimum absolute atomic E-state index is 0.0345. The lowest BCUT2D eigenvalue weighted by Crippen LogP contribution is -2.27. The van der Waals surface area contributed by atoms with Crippen LogP contribution in [0.1, 0.15) is 30.8 Å². The first-order valence-electron chi connectivity index (χ1n) is 6.46. The van der Waals surface area contributed by atoms with Crippen molar-refractivity contribution >= 4 is 5.91 Å².